The molecule has 0 saturated carbocycles. The summed E-state index contributed by atoms with van der Waals surface area (Å²) in [6, 6.07) is 8.93. The number of amides is 1. The Morgan fingerprint density at radius 3 is 2.72 bits per heavy atom. The summed E-state index contributed by atoms with van der Waals surface area (Å²) in [4.78, 5) is 22.5. The summed E-state index contributed by atoms with van der Waals surface area (Å²) in [7, 11) is -1.43. The van der Waals surface area contributed by atoms with Crippen LogP contribution in [0.4, 0.5) is 11.6 Å². The van der Waals surface area contributed by atoms with Gasteiger partial charge in [-0.05, 0) is 31.0 Å². The average molecular weight is 360 g/mol. The number of hydrogen-bond donors (Lipinski definition) is 1. The molecule has 2 aromatic rings. The Bertz CT molecular complexity index is 898. The van der Waals surface area contributed by atoms with Crippen molar-refractivity contribution in [1.82, 2.24) is 14.9 Å². The molecule has 1 fully saturated rings. The quantitative estimate of drug-likeness (QED) is 0.894. The molecule has 3 rings (SSSR count). The van der Waals surface area contributed by atoms with Crippen LogP contribution < -0.4 is 5.32 Å². The third-order valence-electron chi connectivity index (χ3n) is 4.34. The molecule has 1 aromatic carbocycles. The van der Waals surface area contributed by atoms with Gasteiger partial charge in [-0.1, -0.05) is 18.2 Å². The second-order valence-electron chi connectivity index (χ2n) is 6.18. The van der Waals surface area contributed by atoms with Crippen molar-refractivity contribution in [2.24, 2.45) is 0 Å². The normalized spacial score (nSPS) is 18.7. The Labute approximate surface area is 147 Å². The molecule has 0 bridgehead atoms. The molecule has 1 saturated heterocycles. The summed E-state index contributed by atoms with van der Waals surface area (Å²) in [5.74, 6) is 0.151. The highest BCUT2D eigenvalue weighted by atomic mass is 32.2. The lowest BCUT2D eigenvalue weighted by Gasteiger charge is -2.23. The van der Waals surface area contributed by atoms with Crippen LogP contribution in [-0.4, -0.2) is 53.8 Å². The molecule has 1 amide bonds. The molecule has 1 aromatic heterocycles. The molecule has 1 N–H and O–H groups in total. The maximum atomic E-state index is 12.6. The smallest absolute Gasteiger partial charge is 0.272 e. The van der Waals surface area contributed by atoms with Crippen LogP contribution in [0, 0.1) is 6.92 Å². The minimum absolute atomic E-state index is 0.00857. The molecule has 25 heavy (non-hydrogen) atoms. The van der Waals surface area contributed by atoms with E-state index in [9.17, 15) is 13.2 Å². The van der Waals surface area contributed by atoms with E-state index in [0.717, 1.165) is 11.3 Å². The molecular formula is C17H20N4O3S. The lowest BCUT2D eigenvalue weighted by Crippen LogP contribution is -2.38. The summed E-state index contributed by atoms with van der Waals surface area (Å²) in [6.07, 6.45) is 1.98. The predicted molar refractivity (Wildman–Crippen MR) is 95.6 cm³/mol. The van der Waals surface area contributed by atoms with Crippen molar-refractivity contribution in [3.8, 4) is 0 Å². The zero-order chi connectivity index (χ0) is 18.0. The SMILES string of the molecule is Cc1ccccc1Nc1nccc(C(=O)N(C)C2CCS(=O)(=O)C2)n1. The number of nitrogens with zero attached hydrogens (tertiary/aromatic N) is 3. The molecular weight excluding hydrogens is 340 g/mol. The van der Waals surface area contributed by atoms with E-state index in [4.69, 9.17) is 0 Å². The zero-order valence-corrected chi connectivity index (χ0v) is 15.0. The Morgan fingerprint density at radius 1 is 1.28 bits per heavy atom. The topological polar surface area (TPSA) is 92.3 Å². The lowest BCUT2D eigenvalue weighted by molar-refractivity contribution is 0.0741. The number of hydrogen-bond acceptors (Lipinski definition) is 6. The Hall–Kier alpha value is -2.48. The fourth-order valence-corrected chi connectivity index (χ4v) is 4.57. The fourth-order valence-electron chi connectivity index (χ4n) is 2.80. The van der Waals surface area contributed by atoms with Gasteiger partial charge < -0.3 is 10.2 Å². The van der Waals surface area contributed by atoms with E-state index in [1.54, 1.807) is 7.05 Å². The van der Waals surface area contributed by atoms with Crippen LogP contribution in [0.25, 0.3) is 0 Å². The number of sulfone groups is 1. The summed E-state index contributed by atoms with van der Waals surface area (Å²) in [5, 5.41) is 3.10. The van der Waals surface area contributed by atoms with Gasteiger partial charge in [-0.2, -0.15) is 0 Å². The second-order valence-corrected chi connectivity index (χ2v) is 8.41. The van der Waals surface area contributed by atoms with Crippen LogP contribution in [0.1, 0.15) is 22.5 Å². The highest BCUT2D eigenvalue weighted by molar-refractivity contribution is 7.91. The number of para-hydroxylation sites is 1. The van der Waals surface area contributed by atoms with Gasteiger partial charge in [0.1, 0.15) is 5.69 Å². The molecule has 1 unspecified atom stereocenters. The molecule has 7 nitrogen and oxygen atoms in total. The van der Waals surface area contributed by atoms with E-state index in [2.05, 4.69) is 15.3 Å². The van der Waals surface area contributed by atoms with E-state index in [-0.39, 0.29) is 29.1 Å². The van der Waals surface area contributed by atoms with Crippen molar-refractivity contribution >= 4 is 27.4 Å². The van der Waals surface area contributed by atoms with Crippen LogP contribution in [-0.2, 0) is 9.84 Å². The van der Waals surface area contributed by atoms with Gasteiger partial charge in [0, 0.05) is 25.0 Å². The number of aryl methyl sites for hydroxylation is 1. The minimum atomic E-state index is -3.05. The van der Waals surface area contributed by atoms with E-state index in [1.807, 2.05) is 31.2 Å². The molecule has 8 heteroatoms. The number of nitrogens with one attached hydrogen (secondary N) is 1. The Morgan fingerprint density at radius 2 is 2.04 bits per heavy atom. The van der Waals surface area contributed by atoms with Crippen molar-refractivity contribution in [3.63, 3.8) is 0 Å². The maximum Gasteiger partial charge on any atom is 0.272 e. The van der Waals surface area contributed by atoms with Crippen molar-refractivity contribution < 1.29 is 13.2 Å². The summed E-state index contributed by atoms with van der Waals surface area (Å²) >= 11 is 0. The van der Waals surface area contributed by atoms with Gasteiger partial charge in [-0.25, -0.2) is 18.4 Å². The Balaban J connectivity index is 1.77. The van der Waals surface area contributed by atoms with E-state index in [0.29, 0.717) is 12.4 Å². The summed E-state index contributed by atoms with van der Waals surface area (Å²) in [6.45, 7) is 1.96. The van der Waals surface area contributed by atoms with Crippen molar-refractivity contribution in [2.75, 3.05) is 23.9 Å². The minimum Gasteiger partial charge on any atom is -0.336 e. The predicted octanol–water partition coefficient (Wildman–Crippen LogP) is 1.79. The van der Waals surface area contributed by atoms with Crippen LogP contribution in [0.3, 0.4) is 0 Å². The standard InChI is InChI=1S/C17H20N4O3S/c1-12-5-3-4-6-14(12)19-17-18-9-7-15(20-17)16(22)21(2)13-8-10-25(23,24)11-13/h3-7,9,13H,8,10-11H2,1-2H3,(H,18,19,20). The van der Waals surface area contributed by atoms with E-state index in [1.165, 1.54) is 17.2 Å². The molecule has 1 aliphatic rings. The van der Waals surface area contributed by atoms with Gasteiger partial charge >= 0.3 is 0 Å². The fraction of sp³-hybridized carbons (Fsp3) is 0.353. The maximum absolute atomic E-state index is 12.6. The molecule has 2 heterocycles. The third kappa shape index (κ3) is 3.96. The largest absolute Gasteiger partial charge is 0.336 e. The lowest BCUT2D eigenvalue weighted by atomic mass is 10.2. The molecule has 132 valence electrons. The van der Waals surface area contributed by atoms with Crippen molar-refractivity contribution in [1.29, 1.82) is 0 Å². The van der Waals surface area contributed by atoms with Gasteiger partial charge in [0.15, 0.2) is 9.84 Å². The summed E-state index contributed by atoms with van der Waals surface area (Å²) in [5.41, 5.74) is 2.14. The monoisotopic (exact) mass is 360 g/mol. The average Bonchev–Trinajstić information content (AvgIpc) is 2.96. The van der Waals surface area contributed by atoms with Crippen LogP contribution >= 0.6 is 0 Å². The molecule has 1 aliphatic heterocycles. The summed E-state index contributed by atoms with van der Waals surface area (Å²) < 4.78 is 23.2. The van der Waals surface area contributed by atoms with Crippen LogP contribution in [0.5, 0.6) is 0 Å². The number of rotatable bonds is 4. The number of carbonyl (C=O) groups is 1. The van der Waals surface area contributed by atoms with Gasteiger partial charge in [0.05, 0.1) is 11.5 Å². The third-order valence-corrected chi connectivity index (χ3v) is 6.09. The first-order chi connectivity index (χ1) is 11.9. The first kappa shape index (κ1) is 17.3. The second kappa shape index (κ2) is 6.79. The van der Waals surface area contributed by atoms with Gasteiger partial charge in [-0.15, -0.1) is 0 Å². The van der Waals surface area contributed by atoms with E-state index >= 15 is 0 Å². The van der Waals surface area contributed by atoms with Crippen LogP contribution in [0.2, 0.25) is 0 Å². The Kier molecular flexibility index (Phi) is 4.71. The van der Waals surface area contributed by atoms with Crippen molar-refractivity contribution in [3.05, 3.63) is 47.8 Å². The number of anilines is 2. The van der Waals surface area contributed by atoms with Gasteiger partial charge in [0.2, 0.25) is 5.95 Å². The highest BCUT2D eigenvalue weighted by Crippen LogP contribution is 2.20. The first-order valence-electron chi connectivity index (χ1n) is 7.99. The van der Waals surface area contributed by atoms with Gasteiger partial charge in [-0.3, -0.25) is 4.79 Å². The number of benzene rings is 1. The molecule has 0 radical (unpaired) electrons. The van der Waals surface area contributed by atoms with Crippen LogP contribution in [0.15, 0.2) is 36.5 Å². The highest BCUT2D eigenvalue weighted by Gasteiger charge is 2.33. The van der Waals surface area contributed by atoms with Gasteiger partial charge in [0.25, 0.3) is 5.91 Å². The number of aromatic nitrogens is 2. The molecule has 0 spiro atoms. The zero-order valence-electron chi connectivity index (χ0n) is 14.1. The van der Waals surface area contributed by atoms with Crippen molar-refractivity contribution in [2.45, 2.75) is 19.4 Å². The number of carbonyl (C=O) groups excluding carboxylic acids is 1. The first-order valence-corrected chi connectivity index (χ1v) is 9.81. The molecule has 1 atom stereocenters. The van der Waals surface area contributed by atoms with E-state index < -0.39 is 9.84 Å². The molecule has 0 aliphatic carbocycles.